The molecule has 0 radical (unpaired) electrons. The van der Waals surface area contributed by atoms with Crippen molar-refractivity contribution in [2.24, 2.45) is 0 Å². The zero-order valence-corrected chi connectivity index (χ0v) is 12.0. The molecule has 0 saturated heterocycles. The van der Waals surface area contributed by atoms with Crippen LogP contribution in [0, 0.1) is 0 Å². The van der Waals surface area contributed by atoms with Gasteiger partial charge in [-0.25, -0.2) is 0 Å². The summed E-state index contributed by atoms with van der Waals surface area (Å²) >= 11 is 0. The summed E-state index contributed by atoms with van der Waals surface area (Å²) in [6, 6.07) is 5.20. The third-order valence-electron chi connectivity index (χ3n) is 3.07. The highest BCUT2D eigenvalue weighted by Crippen LogP contribution is 2.27. The van der Waals surface area contributed by atoms with Gasteiger partial charge in [0, 0.05) is 12.1 Å². The third kappa shape index (κ3) is 5.63. The maximum atomic E-state index is 12.1. The van der Waals surface area contributed by atoms with E-state index in [9.17, 15) is 18.0 Å². The van der Waals surface area contributed by atoms with Crippen LogP contribution in [0.15, 0.2) is 24.3 Å². The lowest BCUT2D eigenvalue weighted by molar-refractivity contribution is -0.274. The smallest absolute Gasteiger partial charge is 0.480 e. The number of aliphatic carboxylic acids is 1. The number of ether oxygens (including phenoxy) is 1. The van der Waals surface area contributed by atoms with Crippen molar-refractivity contribution >= 4 is 5.97 Å². The molecule has 0 aliphatic carbocycles. The van der Waals surface area contributed by atoms with Gasteiger partial charge in [-0.1, -0.05) is 12.1 Å². The minimum absolute atomic E-state index is 0.0119. The Balaban J connectivity index is 2.86. The largest absolute Gasteiger partial charge is 0.573 e. The van der Waals surface area contributed by atoms with Gasteiger partial charge in [0.15, 0.2) is 0 Å². The molecule has 0 spiro atoms. The van der Waals surface area contributed by atoms with Crippen LogP contribution in [-0.2, 0) is 4.79 Å². The van der Waals surface area contributed by atoms with Gasteiger partial charge in [-0.3, -0.25) is 9.69 Å². The van der Waals surface area contributed by atoms with E-state index in [-0.39, 0.29) is 24.4 Å². The highest BCUT2D eigenvalue weighted by Gasteiger charge is 2.31. The van der Waals surface area contributed by atoms with E-state index in [1.54, 1.807) is 4.90 Å². The fourth-order valence-corrected chi connectivity index (χ4v) is 2.06. The zero-order chi connectivity index (χ0) is 16.2. The normalized spacial score (nSPS) is 13.5. The summed E-state index contributed by atoms with van der Waals surface area (Å²) < 4.78 is 40.0. The summed E-state index contributed by atoms with van der Waals surface area (Å²) in [6.07, 6.45) is -4.72. The molecular formula is C14H18F3NO3. The molecule has 1 aromatic rings. The fraction of sp³-hybridized carbons (Fsp3) is 0.500. The Morgan fingerprint density at radius 1 is 1.24 bits per heavy atom. The standard InChI is InChI=1S/C14H18F3NO3/c1-9(2)18(8-13(19)20)10(3)11-4-6-12(7-5-11)21-14(15,16)17/h4-7,9-10H,8H2,1-3H3,(H,19,20). The minimum Gasteiger partial charge on any atom is -0.480 e. The summed E-state index contributed by atoms with van der Waals surface area (Å²) in [5, 5.41) is 8.91. The molecule has 0 aromatic heterocycles. The Bertz CT molecular complexity index is 471. The molecule has 7 heteroatoms. The molecule has 118 valence electrons. The lowest BCUT2D eigenvalue weighted by Gasteiger charge is -2.31. The Hall–Kier alpha value is -1.76. The molecule has 1 rings (SSSR count). The topological polar surface area (TPSA) is 49.8 Å². The van der Waals surface area contributed by atoms with Crippen molar-refractivity contribution in [1.29, 1.82) is 0 Å². The predicted octanol–water partition coefficient (Wildman–Crippen LogP) is 3.44. The molecule has 0 aliphatic heterocycles. The molecule has 1 atom stereocenters. The van der Waals surface area contributed by atoms with Crippen molar-refractivity contribution in [3.05, 3.63) is 29.8 Å². The van der Waals surface area contributed by atoms with Gasteiger partial charge in [0.05, 0.1) is 6.54 Å². The SMILES string of the molecule is CC(C)N(CC(=O)O)C(C)c1ccc(OC(F)(F)F)cc1. The van der Waals surface area contributed by atoms with Crippen molar-refractivity contribution in [2.75, 3.05) is 6.54 Å². The molecule has 0 saturated carbocycles. The van der Waals surface area contributed by atoms with Crippen LogP contribution in [0.1, 0.15) is 32.4 Å². The van der Waals surface area contributed by atoms with Crippen molar-refractivity contribution in [1.82, 2.24) is 4.90 Å². The first-order valence-corrected chi connectivity index (χ1v) is 6.43. The van der Waals surface area contributed by atoms with Gasteiger partial charge in [-0.2, -0.15) is 0 Å². The number of carboxylic acids is 1. The number of hydrogen-bond acceptors (Lipinski definition) is 3. The summed E-state index contributed by atoms with van der Waals surface area (Å²) in [5.41, 5.74) is 0.722. The third-order valence-corrected chi connectivity index (χ3v) is 3.07. The monoisotopic (exact) mass is 305 g/mol. The van der Waals surface area contributed by atoms with Crippen LogP contribution in [0.2, 0.25) is 0 Å². The average molecular weight is 305 g/mol. The summed E-state index contributed by atoms with van der Waals surface area (Å²) in [5.74, 6) is -1.25. The number of carboxylic acid groups (broad SMARTS) is 1. The molecule has 1 aromatic carbocycles. The lowest BCUT2D eigenvalue weighted by atomic mass is 10.1. The van der Waals surface area contributed by atoms with Crippen LogP contribution >= 0.6 is 0 Å². The number of rotatable bonds is 6. The molecule has 0 heterocycles. The summed E-state index contributed by atoms with van der Waals surface area (Å²) in [7, 11) is 0. The molecule has 21 heavy (non-hydrogen) atoms. The second-order valence-corrected chi connectivity index (χ2v) is 4.95. The molecule has 0 amide bonds. The van der Waals surface area contributed by atoms with E-state index >= 15 is 0 Å². The van der Waals surface area contributed by atoms with Crippen molar-refractivity contribution < 1.29 is 27.8 Å². The number of carbonyl (C=O) groups is 1. The fourth-order valence-electron chi connectivity index (χ4n) is 2.06. The second kappa shape index (κ2) is 6.80. The van der Waals surface area contributed by atoms with Crippen molar-refractivity contribution in [3.8, 4) is 5.75 Å². The van der Waals surface area contributed by atoms with E-state index in [4.69, 9.17) is 5.11 Å². The van der Waals surface area contributed by atoms with Crippen molar-refractivity contribution in [2.45, 2.75) is 39.2 Å². The van der Waals surface area contributed by atoms with Gasteiger partial charge in [0.25, 0.3) is 0 Å². The van der Waals surface area contributed by atoms with E-state index in [1.807, 2.05) is 20.8 Å². The number of alkyl halides is 3. The zero-order valence-electron chi connectivity index (χ0n) is 12.0. The first kappa shape index (κ1) is 17.3. The van der Waals surface area contributed by atoms with Crippen LogP contribution < -0.4 is 4.74 Å². The van der Waals surface area contributed by atoms with E-state index in [1.165, 1.54) is 24.3 Å². The van der Waals surface area contributed by atoms with Crippen molar-refractivity contribution in [3.63, 3.8) is 0 Å². The van der Waals surface area contributed by atoms with Gasteiger partial charge < -0.3 is 9.84 Å². The first-order chi connectivity index (χ1) is 9.60. The van der Waals surface area contributed by atoms with Gasteiger partial charge in [-0.15, -0.1) is 13.2 Å². The first-order valence-electron chi connectivity index (χ1n) is 6.43. The summed E-state index contributed by atoms with van der Waals surface area (Å²) in [4.78, 5) is 12.6. The molecule has 0 fully saturated rings. The average Bonchev–Trinajstić information content (AvgIpc) is 2.33. The predicted molar refractivity (Wildman–Crippen MR) is 71.0 cm³/mol. The molecule has 1 N–H and O–H groups in total. The molecule has 0 aliphatic rings. The van der Waals surface area contributed by atoms with Gasteiger partial charge in [0.2, 0.25) is 0 Å². The Morgan fingerprint density at radius 3 is 2.14 bits per heavy atom. The number of nitrogens with zero attached hydrogens (tertiary/aromatic N) is 1. The summed E-state index contributed by atoms with van der Waals surface area (Å²) in [6.45, 7) is 5.39. The molecular weight excluding hydrogens is 287 g/mol. The molecule has 1 unspecified atom stereocenters. The van der Waals surface area contributed by atoms with E-state index < -0.39 is 12.3 Å². The van der Waals surface area contributed by atoms with E-state index in [2.05, 4.69) is 4.74 Å². The Labute approximate surface area is 121 Å². The van der Waals surface area contributed by atoms with Crippen LogP contribution in [0.5, 0.6) is 5.75 Å². The molecule has 4 nitrogen and oxygen atoms in total. The number of benzene rings is 1. The van der Waals surface area contributed by atoms with E-state index in [0.29, 0.717) is 0 Å². The van der Waals surface area contributed by atoms with Gasteiger partial charge in [0.1, 0.15) is 5.75 Å². The Kier molecular flexibility index (Phi) is 5.60. The number of halogens is 3. The second-order valence-electron chi connectivity index (χ2n) is 4.95. The highest BCUT2D eigenvalue weighted by atomic mass is 19.4. The highest BCUT2D eigenvalue weighted by molar-refractivity contribution is 5.69. The minimum atomic E-state index is -4.72. The Morgan fingerprint density at radius 2 is 1.76 bits per heavy atom. The van der Waals surface area contributed by atoms with Gasteiger partial charge in [-0.05, 0) is 38.5 Å². The maximum absolute atomic E-state index is 12.1. The van der Waals surface area contributed by atoms with Gasteiger partial charge >= 0.3 is 12.3 Å². The number of hydrogen-bond donors (Lipinski definition) is 1. The van der Waals surface area contributed by atoms with Crippen LogP contribution in [0.3, 0.4) is 0 Å². The molecule has 0 bridgehead atoms. The van der Waals surface area contributed by atoms with E-state index in [0.717, 1.165) is 5.56 Å². The quantitative estimate of drug-likeness (QED) is 0.874. The maximum Gasteiger partial charge on any atom is 0.573 e. The van der Waals surface area contributed by atoms with Crippen LogP contribution in [0.25, 0.3) is 0 Å². The lowest BCUT2D eigenvalue weighted by Crippen LogP contribution is -2.37. The van der Waals surface area contributed by atoms with Crippen LogP contribution in [0.4, 0.5) is 13.2 Å². The van der Waals surface area contributed by atoms with Crippen LogP contribution in [-0.4, -0.2) is 34.9 Å².